The van der Waals surface area contributed by atoms with Gasteiger partial charge in [-0.05, 0) is 13.0 Å². The van der Waals surface area contributed by atoms with E-state index in [0.29, 0.717) is 5.82 Å². The molecule has 0 aromatic carbocycles. The van der Waals surface area contributed by atoms with E-state index in [4.69, 9.17) is 5.73 Å². The average molecular weight is 208 g/mol. The summed E-state index contributed by atoms with van der Waals surface area (Å²) in [5.74, 6) is 1.59. The van der Waals surface area contributed by atoms with E-state index in [1.807, 2.05) is 19.9 Å². The molecule has 0 aliphatic carbocycles. The highest BCUT2D eigenvalue weighted by Gasteiger charge is 2.10. The molecule has 0 atom stereocenters. The molecule has 2 rings (SSSR count). The zero-order chi connectivity index (χ0) is 10.1. The lowest BCUT2D eigenvalue weighted by Gasteiger charge is -1.89. The zero-order valence-corrected chi connectivity index (χ0v) is 8.98. The Morgan fingerprint density at radius 1 is 1.57 bits per heavy atom. The SMILES string of the molecule is CCc1nc(-c2cc(C)sc2N)n[nH]1. The van der Waals surface area contributed by atoms with Crippen LogP contribution in [-0.4, -0.2) is 15.2 Å². The number of H-pyrrole nitrogens is 1. The molecule has 0 fully saturated rings. The fourth-order valence-corrected chi connectivity index (χ4v) is 2.06. The number of nitrogens with zero attached hydrogens (tertiary/aromatic N) is 2. The molecular weight excluding hydrogens is 196 g/mol. The summed E-state index contributed by atoms with van der Waals surface area (Å²) in [5.41, 5.74) is 6.78. The van der Waals surface area contributed by atoms with Crippen molar-refractivity contribution in [2.45, 2.75) is 20.3 Å². The zero-order valence-electron chi connectivity index (χ0n) is 8.16. The molecule has 0 bridgehead atoms. The van der Waals surface area contributed by atoms with Gasteiger partial charge in [0.05, 0.1) is 10.6 Å². The van der Waals surface area contributed by atoms with Crippen molar-refractivity contribution in [3.05, 3.63) is 16.8 Å². The molecule has 74 valence electrons. The molecule has 0 radical (unpaired) electrons. The molecule has 0 aliphatic rings. The smallest absolute Gasteiger partial charge is 0.184 e. The number of nitrogens with one attached hydrogen (secondary N) is 1. The molecular formula is C9H12N4S. The molecule has 2 aromatic rings. The predicted molar refractivity (Wildman–Crippen MR) is 58.2 cm³/mol. The van der Waals surface area contributed by atoms with Crippen molar-refractivity contribution in [1.29, 1.82) is 0 Å². The molecule has 0 spiro atoms. The van der Waals surface area contributed by atoms with Crippen LogP contribution in [0.15, 0.2) is 6.07 Å². The van der Waals surface area contributed by atoms with E-state index in [0.717, 1.165) is 22.8 Å². The Kier molecular flexibility index (Phi) is 2.25. The fourth-order valence-electron chi connectivity index (χ4n) is 1.28. The third kappa shape index (κ3) is 1.50. The fraction of sp³-hybridized carbons (Fsp3) is 0.333. The topological polar surface area (TPSA) is 67.6 Å². The Bertz CT molecular complexity index is 443. The maximum atomic E-state index is 5.85. The minimum absolute atomic E-state index is 0.698. The van der Waals surface area contributed by atoms with Crippen molar-refractivity contribution in [3.8, 4) is 11.4 Å². The number of aryl methyl sites for hydroxylation is 2. The van der Waals surface area contributed by atoms with Crippen molar-refractivity contribution in [1.82, 2.24) is 15.2 Å². The summed E-state index contributed by atoms with van der Waals surface area (Å²) in [6.07, 6.45) is 0.857. The van der Waals surface area contributed by atoms with Crippen molar-refractivity contribution in [3.63, 3.8) is 0 Å². The van der Waals surface area contributed by atoms with Gasteiger partial charge in [-0.1, -0.05) is 6.92 Å². The molecule has 0 saturated heterocycles. The van der Waals surface area contributed by atoms with Gasteiger partial charge in [-0.3, -0.25) is 5.10 Å². The monoisotopic (exact) mass is 208 g/mol. The average Bonchev–Trinajstić information content (AvgIpc) is 2.71. The van der Waals surface area contributed by atoms with Crippen LogP contribution in [0.5, 0.6) is 0 Å². The van der Waals surface area contributed by atoms with Crippen molar-refractivity contribution in [2.75, 3.05) is 5.73 Å². The Morgan fingerprint density at radius 3 is 2.86 bits per heavy atom. The summed E-state index contributed by atoms with van der Waals surface area (Å²) in [5, 5.41) is 7.78. The highest BCUT2D eigenvalue weighted by Crippen LogP contribution is 2.31. The van der Waals surface area contributed by atoms with E-state index >= 15 is 0 Å². The normalized spacial score (nSPS) is 10.7. The van der Waals surface area contributed by atoms with E-state index in [-0.39, 0.29) is 0 Å². The molecule has 2 aromatic heterocycles. The van der Waals surface area contributed by atoms with Crippen LogP contribution in [0.1, 0.15) is 17.6 Å². The molecule has 0 saturated carbocycles. The Morgan fingerprint density at radius 2 is 2.36 bits per heavy atom. The van der Waals surface area contributed by atoms with Gasteiger partial charge < -0.3 is 5.73 Å². The number of anilines is 1. The Hall–Kier alpha value is -1.36. The van der Waals surface area contributed by atoms with Crippen LogP contribution in [0.4, 0.5) is 5.00 Å². The van der Waals surface area contributed by atoms with Gasteiger partial charge in [0.1, 0.15) is 5.82 Å². The van der Waals surface area contributed by atoms with Crippen LogP contribution < -0.4 is 5.73 Å². The second-order valence-electron chi connectivity index (χ2n) is 3.09. The highest BCUT2D eigenvalue weighted by molar-refractivity contribution is 7.16. The number of nitrogens with two attached hydrogens (primary N) is 1. The number of hydrogen-bond acceptors (Lipinski definition) is 4. The van der Waals surface area contributed by atoms with Gasteiger partial charge in [-0.15, -0.1) is 11.3 Å². The van der Waals surface area contributed by atoms with Crippen molar-refractivity contribution < 1.29 is 0 Å². The molecule has 3 N–H and O–H groups in total. The van der Waals surface area contributed by atoms with Crippen LogP contribution in [0.3, 0.4) is 0 Å². The van der Waals surface area contributed by atoms with Gasteiger partial charge in [0.15, 0.2) is 5.82 Å². The standard InChI is InChI=1S/C9H12N4S/c1-3-7-11-9(13-12-7)6-4-5(2)14-8(6)10/h4H,3,10H2,1-2H3,(H,11,12,13). The van der Waals surface area contributed by atoms with Gasteiger partial charge in [0, 0.05) is 11.3 Å². The quantitative estimate of drug-likeness (QED) is 0.793. The van der Waals surface area contributed by atoms with E-state index in [1.165, 1.54) is 4.88 Å². The first-order valence-electron chi connectivity index (χ1n) is 4.48. The second-order valence-corrected chi connectivity index (χ2v) is 4.38. The summed E-state index contributed by atoms with van der Waals surface area (Å²) in [7, 11) is 0. The van der Waals surface area contributed by atoms with Gasteiger partial charge in [-0.2, -0.15) is 5.10 Å². The third-order valence-corrected chi connectivity index (χ3v) is 2.87. The number of aromatic amines is 1. The van der Waals surface area contributed by atoms with Gasteiger partial charge in [0.25, 0.3) is 0 Å². The molecule has 0 amide bonds. The maximum absolute atomic E-state index is 5.85. The Labute approximate surface area is 86.2 Å². The molecule has 2 heterocycles. The van der Waals surface area contributed by atoms with Crippen LogP contribution in [0.2, 0.25) is 0 Å². The van der Waals surface area contributed by atoms with E-state index in [9.17, 15) is 0 Å². The van der Waals surface area contributed by atoms with Gasteiger partial charge in [-0.25, -0.2) is 4.98 Å². The first-order chi connectivity index (χ1) is 6.70. The largest absolute Gasteiger partial charge is 0.390 e. The predicted octanol–water partition coefficient (Wildman–Crippen LogP) is 1.99. The molecule has 14 heavy (non-hydrogen) atoms. The van der Waals surface area contributed by atoms with Crippen LogP contribution in [0, 0.1) is 6.92 Å². The number of rotatable bonds is 2. The van der Waals surface area contributed by atoms with E-state index in [2.05, 4.69) is 15.2 Å². The second kappa shape index (κ2) is 3.42. The summed E-state index contributed by atoms with van der Waals surface area (Å²) in [6, 6.07) is 2.02. The number of hydrogen-bond donors (Lipinski definition) is 2. The van der Waals surface area contributed by atoms with Crippen LogP contribution >= 0.6 is 11.3 Å². The molecule has 5 heteroatoms. The van der Waals surface area contributed by atoms with Crippen LogP contribution in [0.25, 0.3) is 11.4 Å². The Balaban J connectivity index is 2.43. The summed E-state index contributed by atoms with van der Waals surface area (Å²) in [4.78, 5) is 5.51. The van der Waals surface area contributed by atoms with Gasteiger partial charge >= 0.3 is 0 Å². The molecule has 0 aliphatic heterocycles. The van der Waals surface area contributed by atoms with Crippen molar-refractivity contribution >= 4 is 16.3 Å². The lowest BCUT2D eigenvalue weighted by molar-refractivity contribution is 0.946. The summed E-state index contributed by atoms with van der Waals surface area (Å²) in [6.45, 7) is 4.06. The van der Waals surface area contributed by atoms with E-state index < -0.39 is 0 Å². The summed E-state index contributed by atoms with van der Waals surface area (Å²) >= 11 is 1.56. The maximum Gasteiger partial charge on any atom is 0.184 e. The van der Waals surface area contributed by atoms with Crippen molar-refractivity contribution in [2.24, 2.45) is 0 Å². The molecule has 0 unspecified atom stereocenters. The third-order valence-electron chi connectivity index (χ3n) is 1.99. The molecule has 4 nitrogen and oxygen atoms in total. The lowest BCUT2D eigenvalue weighted by atomic mass is 10.3. The lowest BCUT2D eigenvalue weighted by Crippen LogP contribution is -1.85. The number of thiophene rings is 1. The first-order valence-corrected chi connectivity index (χ1v) is 5.30. The number of nitrogen functional groups attached to an aromatic ring is 1. The minimum Gasteiger partial charge on any atom is -0.390 e. The highest BCUT2D eigenvalue weighted by atomic mass is 32.1. The minimum atomic E-state index is 0.698. The van der Waals surface area contributed by atoms with E-state index in [1.54, 1.807) is 11.3 Å². The van der Waals surface area contributed by atoms with Gasteiger partial charge in [0.2, 0.25) is 0 Å². The first kappa shape index (κ1) is 9.21. The number of aromatic nitrogens is 3. The summed E-state index contributed by atoms with van der Waals surface area (Å²) < 4.78 is 0. The van der Waals surface area contributed by atoms with Crippen LogP contribution in [-0.2, 0) is 6.42 Å².